The van der Waals surface area contributed by atoms with Crippen LogP contribution in [0.15, 0.2) is 28.7 Å². The molecule has 4 nitrogen and oxygen atoms in total. The second-order valence-electron chi connectivity index (χ2n) is 7.60. The quantitative estimate of drug-likeness (QED) is 0.936. The fourth-order valence-corrected chi connectivity index (χ4v) is 4.50. The van der Waals surface area contributed by atoms with Crippen molar-refractivity contribution >= 4 is 11.0 Å². The Bertz CT molecular complexity index is 721. The predicted octanol–water partition coefficient (Wildman–Crippen LogP) is 3.49. The van der Waals surface area contributed by atoms with Gasteiger partial charge in [-0.15, -0.1) is 0 Å². The molecule has 4 rings (SSSR count). The molecular weight excluding hydrogens is 302 g/mol. The number of aryl methyl sites for hydroxylation is 1. The molecule has 0 saturated carbocycles. The molecule has 4 heteroatoms. The average Bonchev–Trinajstić information content (AvgIpc) is 3.12. The second-order valence-corrected chi connectivity index (χ2v) is 7.60. The SMILES string of the molecule is Cc1oc2ccccc2c1CN1CCC[C@@H]1[C@@H]1COCC[C@@]1(C)O. The van der Waals surface area contributed by atoms with E-state index in [1.165, 1.54) is 17.4 Å². The number of furan rings is 1. The van der Waals surface area contributed by atoms with E-state index < -0.39 is 5.60 Å². The number of hydrogen-bond acceptors (Lipinski definition) is 4. The van der Waals surface area contributed by atoms with E-state index in [-0.39, 0.29) is 5.92 Å². The summed E-state index contributed by atoms with van der Waals surface area (Å²) in [6.45, 7) is 7.34. The molecule has 2 saturated heterocycles. The van der Waals surface area contributed by atoms with Crippen molar-refractivity contribution in [3.63, 3.8) is 0 Å². The summed E-state index contributed by atoms with van der Waals surface area (Å²) in [7, 11) is 0. The number of rotatable bonds is 3. The molecule has 3 heterocycles. The van der Waals surface area contributed by atoms with E-state index in [0.717, 1.165) is 37.3 Å². The van der Waals surface area contributed by atoms with E-state index in [2.05, 4.69) is 24.0 Å². The number of aliphatic hydroxyl groups is 1. The summed E-state index contributed by atoms with van der Waals surface area (Å²) in [5.41, 5.74) is 1.63. The predicted molar refractivity (Wildman–Crippen MR) is 93.9 cm³/mol. The van der Waals surface area contributed by atoms with Crippen molar-refractivity contribution in [1.82, 2.24) is 4.90 Å². The lowest BCUT2D eigenvalue weighted by Crippen LogP contribution is -2.52. The van der Waals surface area contributed by atoms with Gasteiger partial charge in [0, 0.05) is 36.1 Å². The van der Waals surface area contributed by atoms with Crippen LogP contribution < -0.4 is 0 Å². The van der Waals surface area contributed by atoms with E-state index in [9.17, 15) is 5.11 Å². The molecule has 2 fully saturated rings. The minimum absolute atomic E-state index is 0.187. The minimum Gasteiger partial charge on any atom is -0.461 e. The van der Waals surface area contributed by atoms with Gasteiger partial charge in [-0.25, -0.2) is 0 Å². The molecule has 0 amide bonds. The van der Waals surface area contributed by atoms with E-state index in [0.29, 0.717) is 19.3 Å². The van der Waals surface area contributed by atoms with Crippen LogP contribution in [0.3, 0.4) is 0 Å². The third kappa shape index (κ3) is 2.77. The zero-order chi connectivity index (χ0) is 16.7. The Morgan fingerprint density at radius 1 is 1.33 bits per heavy atom. The smallest absolute Gasteiger partial charge is 0.134 e. The fourth-order valence-electron chi connectivity index (χ4n) is 4.50. The van der Waals surface area contributed by atoms with Gasteiger partial charge in [0.25, 0.3) is 0 Å². The Labute approximate surface area is 143 Å². The van der Waals surface area contributed by atoms with E-state index in [1.54, 1.807) is 0 Å². The molecular formula is C20H27NO3. The molecule has 0 unspecified atom stereocenters. The summed E-state index contributed by atoms with van der Waals surface area (Å²) in [5, 5.41) is 12.1. The van der Waals surface area contributed by atoms with Crippen molar-refractivity contribution in [2.45, 2.75) is 51.3 Å². The molecule has 0 aliphatic carbocycles. The Hall–Kier alpha value is -1.36. The minimum atomic E-state index is -0.626. The molecule has 0 spiro atoms. The molecule has 1 aromatic heterocycles. The van der Waals surface area contributed by atoms with Gasteiger partial charge in [0.15, 0.2) is 0 Å². The molecule has 2 aliphatic heterocycles. The van der Waals surface area contributed by atoms with Gasteiger partial charge < -0.3 is 14.3 Å². The van der Waals surface area contributed by atoms with Crippen LogP contribution >= 0.6 is 0 Å². The number of likely N-dealkylation sites (tertiary alicyclic amines) is 1. The monoisotopic (exact) mass is 329 g/mol. The van der Waals surface area contributed by atoms with Gasteiger partial charge >= 0.3 is 0 Å². The Morgan fingerprint density at radius 2 is 2.17 bits per heavy atom. The van der Waals surface area contributed by atoms with E-state index >= 15 is 0 Å². The third-order valence-electron chi connectivity index (χ3n) is 5.99. The first kappa shape index (κ1) is 16.1. The van der Waals surface area contributed by atoms with Crippen molar-refractivity contribution in [2.75, 3.05) is 19.8 Å². The van der Waals surface area contributed by atoms with Gasteiger partial charge in [-0.3, -0.25) is 4.90 Å². The van der Waals surface area contributed by atoms with Gasteiger partial charge in [0.2, 0.25) is 0 Å². The standard InChI is InChI=1S/C20H27NO3/c1-14-16(15-6-3-4-8-19(15)24-14)12-21-10-5-7-18(21)17-13-23-11-9-20(17,2)22/h3-4,6,8,17-18,22H,5,7,9-13H2,1-2H3/t17-,18+,20+/m0/s1. The molecule has 130 valence electrons. The molecule has 2 aliphatic rings. The normalized spacial score (nSPS) is 31.8. The lowest BCUT2D eigenvalue weighted by molar-refractivity contribution is -0.123. The molecule has 0 radical (unpaired) electrons. The van der Waals surface area contributed by atoms with Gasteiger partial charge in [-0.1, -0.05) is 18.2 Å². The maximum atomic E-state index is 10.8. The number of para-hydroxylation sites is 1. The van der Waals surface area contributed by atoms with Crippen LogP contribution in [-0.4, -0.2) is 41.4 Å². The van der Waals surface area contributed by atoms with Gasteiger partial charge in [0.05, 0.1) is 12.2 Å². The second kappa shape index (κ2) is 6.17. The summed E-state index contributed by atoms with van der Waals surface area (Å²) in [6, 6.07) is 8.65. The number of hydrogen-bond donors (Lipinski definition) is 1. The number of benzene rings is 1. The Balaban J connectivity index is 1.60. The van der Waals surface area contributed by atoms with E-state index in [4.69, 9.17) is 9.15 Å². The lowest BCUT2D eigenvalue weighted by Gasteiger charge is -2.43. The maximum Gasteiger partial charge on any atom is 0.134 e. The first-order chi connectivity index (χ1) is 11.6. The highest BCUT2D eigenvalue weighted by molar-refractivity contribution is 5.82. The first-order valence-electron chi connectivity index (χ1n) is 9.07. The molecule has 1 N–H and O–H groups in total. The Morgan fingerprint density at radius 3 is 3.00 bits per heavy atom. The number of fused-ring (bicyclic) bond motifs is 1. The fraction of sp³-hybridized carbons (Fsp3) is 0.600. The van der Waals surface area contributed by atoms with Gasteiger partial charge in [-0.05, 0) is 45.7 Å². The highest BCUT2D eigenvalue weighted by Gasteiger charge is 2.44. The van der Waals surface area contributed by atoms with Crippen molar-refractivity contribution in [3.8, 4) is 0 Å². The van der Waals surface area contributed by atoms with Crippen LogP contribution in [0.25, 0.3) is 11.0 Å². The molecule has 1 aromatic carbocycles. The molecule has 3 atom stereocenters. The number of nitrogens with zero attached hydrogens (tertiary/aromatic N) is 1. The van der Waals surface area contributed by atoms with Crippen LogP contribution in [0.4, 0.5) is 0 Å². The van der Waals surface area contributed by atoms with Crippen LogP contribution in [0, 0.1) is 12.8 Å². The zero-order valence-electron chi connectivity index (χ0n) is 14.6. The molecule has 2 aromatic rings. The highest BCUT2D eigenvalue weighted by Crippen LogP contribution is 2.37. The summed E-state index contributed by atoms with van der Waals surface area (Å²) in [5.74, 6) is 1.20. The topological polar surface area (TPSA) is 45.8 Å². The van der Waals surface area contributed by atoms with Crippen molar-refractivity contribution in [2.24, 2.45) is 5.92 Å². The molecule has 0 bridgehead atoms. The first-order valence-corrected chi connectivity index (χ1v) is 9.07. The van der Waals surface area contributed by atoms with Crippen LogP contribution in [0.5, 0.6) is 0 Å². The Kier molecular flexibility index (Phi) is 4.15. The average molecular weight is 329 g/mol. The van der Waals surface area contributed by atoms with Gasteiger partial charge in [0.1, 0.15) is 11.3 Å². The summed E-state index contributed by atoms with van der Waals surface area (Å²) < 4.78 is 11.6. The van der Waals surface area contributed by atoms with Crippen molar-refractivity contribution < 1.29 is 14.3 Å². The highest BCUT2D eigenvalue weighted by atomic mass is 16.5. The van der Waals surface area contributed by atoms with Crippen LogP contribution in [0.2, 0.25) is 0 Å². The zero-order valence-corrected chi connectivity index (χ0v) is 14.6. The largest absolute Gasteiger partial charge is 0.461 e. The van der Waals surface area contributed by atoms with Crippen molar-refractivity contribution in [1.29, 1.82) is 0 Å². The summed E-state index contributed by atoms with van der Waals surface area (Å²) >= 11 is 0. The number of ether oxygens (including phenoxy) is 1. The summed E-state index contributed by atoms with van der Waals surface area (Å²) in [6.07, 6.45) is 3.06. The summed E-state index contributed by atoms with van der Waals surface area (Å²) in [4.78, 5) is 2.53. The lowest BCUT2D eigenvalue weighted by atomic mass is 9.79. The van der Waals surface area contributed by atoms with Crippen LogP contribution in [-0.2, 0) is 11.3 Å². The maximum absolute atomic E-state index is 10.8. The van der Waals surface area contributed by atoms with Crippen LogP contribution in [0.1, 0.15) is 37.5 Å². The molecule has 24 heavy (non-hydrogen) atoms. The third-order valence-corrected chi connectivity index (χ3v) is 5.99. The van der Waals surface area contributed by atoms with E-state index in [1.807, 2.05) is 19.1 Å². The van der Waals surface area contributed by atoms with Gasteiger partial charge in [-0.2, -0.15) is 0 Å². The van der Waals surface area contributed by atoms with Crippen molar-refractivity contribution in [3.05, 3.63) is 35.6 Å².